The van der Waals surface area contributed by atoms with Crippen molar-refractivity contribution in [2.75, 3.05) is 0 Å². The Morgan fingerprint density at radius 2 is 1.90 bits per heavy atom. The average molecular weight is 280 g/mol. The molecule has 4 heteroatoms. The fraction of sp³-hybridized carbons (Fsp3) is 0.235. The summed E-state index contributed by atoms with van der Waals surface area (Å²) in [6.07, 6.45) is 1.50. The smallest absolute Gasteiger partial charge is 0.219 e. The number of ketones is 1. The standard InChI is InChI=1S/C17H16N2O2/c1-17(2,3)16(20)13-8-9-15(19-11-13)21-14-7-5-4-6-12(14)10-18/h4-9,11H,1-3H3. The first kappa shape index (κ1) is 14.7. The van der Waals surface area contributed by atoms with Crippen LogP contribution in [0, 0.1) is 16.7 Å². The third-order valence-corrected chi connectivity index (χ3v) is 2.90. The van der Waals surface area contributed by atoms with Crippen molar-refractivity contribution in [3.8, 4) is 17.7 Å². The van der Waals surface area contributed by atoms with Crippen LogP contribution in [-0.2, 0) is 0 Å². The molecule has 2 rings (SSSR count). The first-order valence-electron chi connectivity index (χ1n) is 6.59. The number of aromatic nitrogens is 1. The summed E-state index contributed by atoms with van der Waals surface area (Å²) >= 11 is 0. The summed E-state index contributed by atoms with van der Waals surface area (Å²) in [5.74, 6) is 0.824. The molecule has 0 aliphatic rings. The summed E-state index contributed by atoms with van der Waals surface area (Å²) in [6, 6.07) is 12.3. The van der Waals surface area contributed by atoms with E-state index < -0.39 is 5.41 Å². The van der Waals surface area contributed by atoms with E-state index >= 15 is 0 Å². The van der Waals surface area contributed by atoms with E-state index in [-0.39, 0.29) is 5.78 Å². The highest BCUT2D eigenvalue weighted by atomic mass is 16.5. The largest absolute Gasteiger partial charge is 0.438 e. The van der Waals surface area contributed by atoms with Gasteiger partial charge in [0.15, 0.2) is 5.78 Å². The van der Waals surface area contributed by atoms with Gasteiger partial charge in [-0.05, 0) is 18.2 Å². The highest BCUT2D eigenvalue weighted by molar-refractivity contribution is 5.99. The number of ether oxygens (including phenoxy) is 1. The molecular weight excluding hydrogens is 264 g/mol. The average Bonchev–Trinajstić information content (AvgIpc) is 2.47. The van der Waals surface area contributed by atoms with Crippen LogP contribution in [0.2, 0.25) is 0 Å². The van der Waals surface area contributed by atoms with Gasteiger partial charge in [0.2, 0.25) is 5.88 Å². The maximum atomic E-state index is 12.1. The number of nitriles is 1. The molecule has 1 aromatic carbocycles. The molecule has 0 amide bonds. The molecule has 0 atom stereocenters. The molecule has 0 aliphatic heterocycles. The summed E-state index contributed by atoms with van der Waals surface area (Å²) in [5.41, 5.74) is 0.537. The maximum Gasteiger partial charge on any atom is 0.219 e. The summed E-state index contributed by atoms with van der Waals surface area (Å²) in [6.45, 7) is 5.59. The lowest BCUT2D eigenvalue weighted by Crippen LogP contribution is -2.20. The van der Waals surface area contributed by atoms with Crippen LogP contribution in [-0.4, -0.2) is 10.8 Å². The number of nitrogens with zero attached hydrogens (tertiary/aromatic N) is 2. The highest BCUT2D eigenvalue weighted by Crippen LogP contribution is 2.25. The van der Waals surface area contributed by atoms with E-state index in [4.69, 9.17) is 10.00 Å². The Balaban J connectivity index is 2.21. The van der Waals surface area contributed by atoms with Crippen molar-refractivity contribution in [3.05, 3.63) is 53.7 Å². The number of pyridine rings is 1. The van der Waals surface area contributed by atoms with Crippen LogP contribution in [0.15, 0.2) is 42.6 Å². The third-order valence-electron chi connectivity index (χ3n) is 2.90. The van der Waals surface area contributed by atoms with Crippen LogP contribution >= 0.6 is 0 Å². The zero-order valence-corrected chi connectivity index (χ0v) is 12.3. The molecule has 0 bridgehead atoms. The monoisotopic (exact) mass is 280 g/mol. The molecule has 1 heterocycles. The SMILES string of the molecule is CC(C)(C)C(=O)c1ccc(Oc2ccccc2C#N)nc1. The Kier molecular flexibility index (Phi) is 4.04. The maximum absolute atomic E-state index is 12.1. The van der Waals surface area contributed by atoms with Crippen LogP contribution in [0.25, 0.3) is 0 Å². The van der Waals surface area contributed by atoms with Crippen molar-refractivity contribution in [2.45, 2.75) is 20.8 Å². The van der Waals surface area contributed by atoms with Gasteiger partial charge in [-0.15, -0.1) is 0 Å². The molecule has 4 nitrogen and oxygen atoms in total. The van der Waals surface area contributed by atoms with Gasteiger partial charge in [0.25, 0.3) is 0 Å². The molecule has 0 aliphatic carbocycles. The van der Waals surface area contributed by atoms with Gasteiger partial charge < -0.3 is 4.74 Å². The molecule has 0 spiro atoms. The van der Waals surface area contributed by atoms with Gasteiger partial charge in [0, 0.05) is 23.2 Å². The quantitative estimate of drug-likeness (QED) is 0.798. The predicted octanol–water partition coefficient (Wildman–Crippen LogP) is 3.97. The van der Waals surface area contributed by atoms with Gasteiger partial charge in [0.05, 0.1) is 5.56 Å². The second-order valence-electron chi connectivity index (χ2n) is 5.67. The van der Waals surface area contributed by atoms with Crippen molar-refractivity contribution < 1.29 is 9.53 Å². The Bertz CT molecular complexity index is 692. The molecule has 2 aromatic rings. The van der Waals surface area contributed by atoms with Gasteiger partial charge in [-0.2, -0.15) is 5.26 Å². The van der Waals surface area contributed by atoms with E-state index in [2.05, 4.69) is 11.1 Å². The lowest BCUT2D eigenvalue weighted by Gasteiger charge is -2.16. The van der Waals surface area contributed by atoms with Crippen molar-refractivity contribution >= 4 is 5.78 Å². The lowest BCUT2D eigenvalue weighted by molar-refractivity contribution is 0.0858. The molecule has 0 unspecified atom stereocenters. The van der Waals surface area contributed by atoms with E-state index in [1.54, 1.807) is 36.4 Å². The fourth-order valence-electron chi connectivity index (χ4n) is 1.77. The van der Waals surface area contributed by atoms with E-state index in [1.807, 2.05) is 20.8 Å². The molecule has 106 valence electrons. The third kappa shape index (κ3) is 3.46. The van der Waals surface area contributed by atoms with Crippen LogP contribution in [0.4, 0.5) is 0 Å². The summed E-state index contributed by atoms with van der Waals surface area (Å²) < 4.78 is 5.58. The van der Waals surface area contributed by atoms with Crippen molar-refractivity contribution in [3.63, 3.8) is 0 Å². The van der Waals surface area contributed by atoms with Crippen molar-refractivity contribution in [2.24, 2.45) is 5.41 Å². The van der Waals surface area contributed by atoms with Crippen LogP contribution in [0.5, 0.6) is 11.6 Å². The van der Waals surface area contributed by atoms with E-state index in [9.17, 15) is 4.79 Å². The molecule has 1 aromatic heterocycles. The number of carbonyl (C=O) groups is 1. The Morgan fingerprint density at radius 3 is 2.48 bits per heavy atom. The number of para-hydroxylation sites is 1. The minimum atomic E-state index is -0.447. The first-order chi connectivity index (χ1) is 9.91. The molecule has 21 heavy (non-hydrogen) atoms. The minimum Gasteiger partial charge on any atom is -0.438 e. The van der Waals surface area contributed by atoms with Gasteiger partial charge in [-0.1, -0.05) is 32.9 Å². The van der Waals surface area contributed by atoms with Crippen LogP contribution in [0.1, 0.15) is 36.7 Å². The Labute approximate surface area is 124 Å². The van der Waals surface area contributed by atoms with Gasteiger partial charge >= 0.3 is 0 Å². The number of Topliss-reactive ketones (excluding diaryl/α,β-unsaturated/α-hetero) is 1. The highest BCUT2D eigenvalue weighted by Gasteiger charge is 2.23. The normalized spacial score (nSPS) is 10.8. The second kappa shape index (κ2) is 5.76. The lowest BCUT2D eigenvalue weighted by atomic mass is 9.87. The van der Waals surface area contributed by atoms with E-state index in [1.165, 1.54) is 6.20 Å². The van der Waals surface area contributed by atoms with Gasteiger partial charge in [0.1, 0.15) is 11.8 Å². The molecule has 0 radical (unpaired) electrons. The Morgan fingerprint density at radius 1 is 1.19 bits per heavy atom. The molecule has 0 N–H and O–H groups in total. The summed E-state index contributed by atoms with van der Waals surface area (Å²) in [4.78, 5) is 16.2. The second-order valence-corrected chi connectivity index (χ2v) is 5.67. The zero-order valence-electron chi connectivity index (χ0n) is 12.3. The van der Waals surface area contributed by atoms with E-state index in [0.717, 1.165) is 0 Å². The molecule has 0 fully saturated rings. The fourth-order valence-corrected chi connectivity index (χ4v) is 1.77. The number of hydrogen-bond donors (Lipinski definition) is 0. The van der Waals surface area contributed by atoms with Gasteiger partial charge in [-0.3, -0.25) is 4.79 Å². The van der Waals surface area contributed by atoms with E-state index in [0.29, 0.717) is 22.8 Å². The minimum absolute atomic E-state index is 0.0268. The first-order valence-corrected chi connectivity index (χ1v) is 6.59. The van der Waals surface area contributed by atoms with Gasteiger partial charge in [-0.25, -0.2) is 4.98 Å². The van der Waals surface area contributed by atoms with Crippen LogP contribution in [0.3, 0.4) is 0 Å². The van der Waals surface area contributed by atoms with Crippen molar-refractivity contribution in [1.82, 2.24) is 4.98 Å². The van der Waals surface area contributed by atoms with Crippen LogP contribution < -0.4 is 4.74 Å². The number of carbonyl (C=O) groups excluding carboxylic acids is 1. The Hall–Kier alpha value is -2.67. The number of hydrogen-bond acceptors (Lipinski definition) is 4. The molecule has 0 saturated heterocycles. The molecule has 0 saturated carbocycles. The summed E-state index contributed by atoms with van der Waals surface area (Å²) in [7, 11) is 0. The number of rotatable bonds is 3. The summed E-state index contributed by atoms with van der Waals surface area (Å²) in [5, 5.41) is 9.01. The van der Waals surface area contributed by atoms with Crippen molar-refractivity contribution in [1.29, 1.82) is 5.26 Å². The number of benzene rings is 1. The zero-order chi connectivity index (χ0) is 15.5. The topological polar surface area (TPSA) is 63.0 Å². The predicted molar refractivity (Wildman–Crippen MR) is 79.3 cm³/mol. The molecular formula is C17H16N2O2.